The van der Waals surface area contributed by atoms with E-state index in [1.807, 2.05) is 6.92 Å². The number of nitrogen functional groups attached to an aromatic ring is 1. The molecule has 0 bridgehead atoms. The van der Waals surface area contributed by atoms with Gasteiger partial charge < -0.3 is 21.7 Å². The number of aliphatic hydroxyl groups excluding tert-OH is 1. The molecular weight excluding hydrogens is 180 g/mol. The highest BCUT2D eigenvalue weighted by Crippen LogP contribution is 2.32. The molecule has 0 saturated heterocycles. The molecular formula is C10H16N2O2. The lowest BCUT2D eigenvalue weighted by atomic mass is 9.96. The molecule has 1 unspecified atom stereocenters. The van der Waals surface area contributed by atoms with E-state index in [0.717, 1.165) is 5.56 Å². The van der Waals surface area contributed by atoms with Crippen LogP contribution in [-0.4, -0.2) is 16.3 Å². The maximum atomic E-state index is 9.68. The standard InChI is InChI=1S/C10H16N2O2/c1-5-3-4-7(11)10(14)8(5)9(12)6(2)13/h3-4,6,9,13-14H,11-12H2,1-2H3/t6?,9-/m0/s1. The monoisotopic (exact) mass is 196 g/mol. The summed E-state index contributed by atoms with van der Waals surface area (Å²) < 4.78 is 0. The maximum absolute atomic E-state index is 9.68. The highest BCUT2D eigenvalue weighted by atomic mass is 16.3. The summed E-state index contributed by atoms with van der Waals surface area (Å²) >= 11 is 0. The number of nitrogens with two attached hydrogens (primary N) is 2. The maximum Gasteiger partial charge on any atom is 0.143 e. The zero-order chi connectivity index (χ0) is 10.9. The van der Waals surface area contributed by atoms with Crippen LogP contribution in [0.4, 0.5) is 5.69 Å². The predicted octanol–water partition coefficient (Wildman–Crippen LogP) is 0.663. The Balaban J connectivity index is 3.25. The lowest BCUT2D eigenvalue weighted by Crippen LogP contribution is -2.24. The van der Waals surface area contributed by atoms with Crippen molar-refractivity contribution in [3.05, 3.63) is 23.3 Å². The van der Waals surface area contributed by atoms with Crippen LogP contribution >= 0.6 is 0 Å². The zero-order valence-corrected chi connectivity index (χ0v) is 8.36. The van der Waals surface area contributed by atoms with Gasteiger partial charge in [-0.05, 0) is 25.5 Å². The number of benzene rings is 1. The molecule has 0 aromatic heterocycles. The van der Waals surface area contributed by atoms with Crippen LogP contribution in [0.25, 0.3) is 0 Å². The highest BCUT2D eigenvalue weighted by molar-refractivity contribution is 5.59. The second-order valence-electron chi connectivity index (χ2n) is 3.50. The predicted molar refractivity (Wildman–Crippen MR) is 55.9 cm³/mol. The van der Waals surface area contributed by atoms with Crippen molar-refractivity contribution in [3.63, 3.8) is 0 Å². The summed E-state index contributed by atoms with van der Waals surface area (Å²) in [7, 11) is 0. The van der Waals surface area contributed by atoms with Gasteiger partial charge in [0.25, 0.3) is 0 Å². The summed E-state index contributed by atoms with van der Waals surface area (Å²) in [5.41, 5.74) is 12.9. The molecule has 1 aromatic carbocycles. The molecule has 0 spiro atoms. The number of aromatic hydroxyl groups is 1. The van der Waals surface area contributed by atoms with Crippen LogP contribution in [0, 0.1) is 6.92 Å². The quantitative estimate of drug-likeness (QED) is 0.413. The zero-order valence-electron chi connectivity index (χ0n) is 8.36. The van der Waals surface area contributed by atoms with E-state index in [9.17, 15) is 10.2 Å². The van der Waals surface area contributed by atoms with Crippen molar-refractivity contribution >= 4 is 5.69 Å². The van der Waals surface area contributed by atoms with E-state index < -0.39 is 12.1 Å². The van der Waals surface area contributed by atoms with Gasteiger partial charge in [-0.3, -0.25) is 0 Å². The molecule has 4 nitrogen and oxygen atoms in total. The van der Waals surface area contributed by atoms with Gasteiger partial charge in [-0.15, -0.1) is 0 Å². The first-order chi connectivity index (χ1) is 6.45. The Hall–Kier alpha value is -1.26. The molecule has 0 amide bonds. The van der Waals surface area contributed by atoms with Gasteiger partial charge in [-0.2, -0.15) is 0 Å². The number of anilines is 1. The molecule has 14 heavy (non-hydrogen) atoms. The molecule has 1 aromatic rings. The van der Waals surface area contributed by atoms with Gasteiger partial charge in [0.2, 0.25) is 0 Å². The van der Waals surface area contributed by atoms with Crippen LogP contribution in [0.3, 0.4) is 0 Å². The summed E-state index contributed by atoms with van der Waals surface area (Å²) in [6.07, 6.45) is -0.721. The van der Waals surface area contributed by atoms with Crippen molar-refractivity contribution in [3.8, 4) is 5.75 Å². The summed E-state index contributed by atoms with van der Waals surface area (Å²) in [4.78, 5) is 0. The minimum absolute atomic E-state index is 0.0293. The average molecular weight is 196 g/mol. The highest BCUT2D eigenvalue weighted by Gasteiger charge is 2.19. The molecule has 0 fully saturated rings. The van der Waals surface area contributed by atoms with Gasteiger partial charge in [0.15, 0.2) is 0 Å². The molecule has 2 atom stereocenters. The van der Waals surface area contributed by atoms with Crippen molar-refractivity contribution in [2.24, 2.45) is 5.73 Å². The first-order valence-corrected chi connectivity index (χ1v) is 4.46. The third-order valence-electron chi connectivity index (χ3n) is 2.32. The molecule has 0 aliphatic heterocycles. The topological polar surface area (TPSA) is 92.5 Å². The fraction of sp³-hybridized carbons (Fsp3) is 0.400. The van der Waals surface area contributed by atoms with Crippen LogP contribution in [0.1, 0.15) is 24.1 Å². The van der Waals surface area contributed by atoms with E-state index >= 15 is 0 Å². The van der Waals surface area contributed by atoms with Crippen molar-refractivity contribution in [1.29, 1.82) is 0 Å². The Morgan fingerprint density at radius 3 is 2.43 bits per heavy atom. The molecule has 4 heteroatoms. The molecule has 0 saturated carbocycles. The van der Waals surface area contributed by atoms with Gasteiger partial charge in [-0.1, -0.05) is 6.07 Å². The number of phenols is 1. The number of hydrogen-bond donors (Lipinski definition) is 4. The van der Waals surface area contributed by atoms with E-state index in [0.29, 0.717) is 5.56 Å². The van der Waals surface area contributed by atoms with E-state index in [4.69, 9.17) is 11.5 Å². The van der Waals surface area contributed by atoms with Crippen LogP contribution in [0.5, 0.6) is 5.75 Å². The Kier molecular flexibility index (Phi) is 2.98. The first kappa shape index (κ1) is 10.8. The third kappa shape index (κ3) is 1.81. The summed E-state index contributed by atoms with van der Waals surface area (Å²) in [6, 6.07) is 2.77. The summed E-state index contributed by atoms with van der Waals surface area (Å²) in [6.45, 7) is 3.39. The minimum Gasteiger partial charge on any atom is -0.505 e. The second-order valence-corrected chi connectivity index (χ2v) is 3.50. The van der Waals surface area contributed by atoms with Gasteiger partial charge in [0.05, 0.1) is 17.8 Å². The fourth-order valence-corrected chi connectivity index (χ4v) is 1.39. The van der Waals surface area contributed by atoms with Gasteiger partial charge in [-0.25, -0.2) is 0 Å². The van der Waals surface area contributed by atoms with Crippen molar-refractivity contribution in [2.75, 3.05) is 5.73 Å². The molecule has 78 valence electrons. The molecule has 0 heterocycles. The summed E-state index contributed by atoms with van der Waals surface area (Å²) in [5, 5.41) is 19.0. The van der Waals surface area contributed by atoms with E-state index in [-0.39, 0.29) is 11.4 Å². The Morgan fingerprint density at radius 1 is 1.36 bits per heavy atom. The lowest BCUT2D eigenvalue weighted by Gasteiger charge is -2.19. The number of rotatable bonds is 2. The Bertz CT molecular complexity index is 337. The van der Waals surface area contributed by atoms with E-state index in [2.05, 4.69) is 0 Å². The van der Waals surface area contributed by atoms with Crippen molar-refractivity contribution < 1.29 is 10.2 Å². The third-order valence-corrected chi connectivity index (χ3v) is 2.32. The van der Waals surface area contributed by atoms with E-state index in [1.54, 1.807) is 19.1 Å². The van der Waals surface area contributed by atoms with Gasteiger partial charge >= 0.3 is 0 Å². The Morgan fingerprint density at radius 2 is 1.93 bits per heavy atom. The number of aryl methyl sites for hydroxylation is 1. The van der Waals surface area contributed by atoms with Crippen molar-refractivity contribution in [1.82, 2.24) is 0 Å². The van der Waals surface area contributed by atoms with Crippen LogP contribution < -0.4 is 11.5 Å². The van der Waals surface area contributed by atoms with Crippen molar-refractivity contribution in [2.45, 2.75) is 26.0 Å². The molecule has 0 radical (unpaired) electrons. The van der Waals surface area contributed by atoms with Crippen LogP contribution in [-0.2, 0) is 0 Å². The molecule has 1 rings (SSSR count). The number of phenolic OH excluding ortho intramolecular Hbond substituents is 1. The first-order valence-electron chi connectivity index (χ1n) is 4.46. The van der Waals surface area contributed by atoms with Gasteiger partial charge in [0.1, 0.15) is 5.75 Å². The average Bonchev–Trinajstić information content (AvgIpc) is 2.12. The van der Waals surface area contributed by atoms with Crippen LogP contribution in [0.2, 0.25) is 0 Å². The molecule has 0 aliphatic rings. The smallest absolute Gasteiger partial charge is 0.143 e. The lowest BCUT2D eigenvalue weighted by molar-refractivity contribution is 0.162. The SMILES string of the molecule is Cc1ccc(N)c(O)c1[C@@H](N)C(C)O. The number of hydrogen-bond acceptors (Lipinski definition) is 4. The van der Waals surface area contributed by atoms with Gasteiger partial charge in [0, 0.05) is 5.56 Å². The minimum atomic E-state index is -0.721. The largest absolute Gasteiger partial charge is 0.505 e. The van der Waals surface area contributed by atoms with Crippen LogP contribution in [0.15, 0.2) is 12.1 Å². The second kappa shape index (κ2) is 3.86. The fourth-order valence-electron chi connectivity index (χ4n) is 1.39. The number of aliphatic hydroxyl groups is 1. The Labute approximate surface area is 83.2 Å². The summed E-state index contributed by atoms with van der Waals surface area (Å²) in [5.74, 6) is -0.0293. The molecule has 6 N–H and O–H groups in total. The normalized spacial score (nSPS) is 15.1. The molecule has 0 aliphatic carbocycles. The van der Waals surface area contributed by atoms with E-state index in [1.165, 1.54) is 0 Å².